The second-order valence-corrected chi connectivity index (χ2v) is 4.96. The molecule has 0 spiro atoms. The fourth-order valence-corrected chi connectivity index (χ4v) is 2.32. The number of fused-ring (bicyclic) bond motifs is 1. The van der Waals surface area contributed by atoms with Crippen LogP contribution in [0.4, 0.5) is 0 Å². The Balaban J connectivity index is 2.93. The predicted molar refractivity (Wildman–Crippen MR) is 66.5 cm³/mol. The first kappa shape index (κ1) is 9.01. The second-order valence-electron chi connectivity index (χ2n) is 2.28. The van der Waals surface area contributed by atoms with E-state index >= 15 is 0 Å². The van der Waals surface area contributed by atoms with Crippen molar-refractivity contribution in [2.24, 2.45) is 0 Å². The van der Waals surface area contributed by atoms with Crippen molar-refractivity contribution in [3.63, 3.8) is 0 Å². The summed E-state index contributed by atoms with van der Waals surface area (Å²) in [6, 6.07) is 4.07. The molecule has 2 rings (SSSR count). The fourth-order valence-electron chi connectivity index (χ4n) is 0.999. The Morgan fingerprint density at radius 3 is 2.58 bits per heavy atom. The zero-order valence-electron chi connectivity index (χ0n) is 5.74. The number of nitrogens with one attached hydrogen (secondary N) is 1. The maximum atomic E-state index is 5.75. The molecule has 1 heterocycles. The molecule has 1 N–H and O–H groups in total. The number of benzene rings is 1. The standard InChI is InChI=1S/C7H3ClI2N2/c8-7-11-5-3(9)1-2-4(10)6(5)12-7/h1-2H,(H,11,12). The van der Waals surface area contributed by atoms with Crippen LogP contribution in [0.2, 0.25) is 5.28 Å². The van der Waals surface area contributed by atoms with E-state index in [1.54, 1.807) is 0 Å². The number of halogens is 3. The van der Waals surface area contributed by atoms with E-state index in [4.69, 9.17) is 11.6 Å². The monoisotopic (exact) mass is 404 g/mol. The van der Waals surface area contributed by atoms with Gasteiger partial charge in [-0.25, -0.2) is 4.98 Å². The normalized spacial score (nSPS) is 10.9. The van der Waals surface area contributed by atoms with Crippen LogP contribution in [-0.4, -0.2) is 9.97 Å². The summed E-state index contributed by atoms with van der Waals surface area (Å²) in [5, 5.41) is 0.451. The van der Waals surface area contributed by atoms with E-state index in [1.807, 2.05) is 12.1 Å². The number of H-pyrrole nitrogens is 1. The summed E-state index contributed by atoms with van der Waals surface area (Å²) >= 11 is 10.3. The van der Waals surface area contributed by atoms with Gasteiger partial charge in [-0.1, -0.05) is 0 Å². The van der Waals surface area contributed by atoms with E-state index in [0.29, 0.717) is 5.28 Å². The molecule has 0 saturated heterocycles. The maximum absolute atomic E-state index is 5.75. The third kappa shape index (κ3) is 1.44. The Kier molecular flexibility index (Phi) is 2.48. The minimum absolute atomic E-state index is 0.451. The van der Waals surface area contributed by atoms with Crippen molar-refractivity contribution in [3.05, 3.63) is 24.6 Å². The topological polar surface area (TPSA) is 28.7 Å². The molecule has 0 radical (unpaired) electrons. The van der Waals surface area contributed by atoms with Crippen molar-refractivity contribution in [1.29, 1.82) is 0 Å². The summed E-state index contributed by atoms with van der Waals surface area (Å²) < 4.78 is 2.26. The number of imidazole rings is 1. The number of hydrogen-bond donors (Lipinski definition) is 1. The van der Waals surface area contributed by atoms with Crippen LogP contribution in [0.15, 0.2) is 12.1 Å². The van der Waals surface area contributed by atoms with Gasteiger partial charge in [0.2, 0.25) is 5.28 Å². The van der Waals surface area contributed by atoms with Gasteiger partial charge in [0.25, 0.3) is 0 Å². The molecule has 1 aromatic carbocycles. The molecule has 0 aliphatic carbocycles. The molecular formula is C7H3ClI2N2. The van der Waals surface area contributed by atoms with Crippen LogP contribution < -0.4 is 0 Å². The number of aromatic nitrogens is 2. The van der Waals surface area contributed by atoms with Gasteiger partial charge in [-0.05, 0) is 68.9 Å². The third-order valence-electron chi connectivity index (χ3n) is 1.52. The highest BCUT2D eigenvalue weighted by atomic mass is 127. The van der Waals surface area contributed by atoms with E-state index in [2.05, 4.69) is 55.1 Å². The van der Waals surface area contributed by atoms with E-state index in [-0.39, 0.29) is 0 Å². The lowest BCUT2D eigenvalue weighted by Gasteiger charge is -1.93. The molecule has 0 aliphatic rings. The summed E-state index contributed by atoms with van der Waals surface area (Å²) in [6.07, 6.45) is 0. The van der Waals surface area contributed by atoms with Crippen molar-refractivity contribution < 1.29 is 0 Å². The maximum Gasteiger partial charge on any atom is 0.201 e. The zero-order chi connectivity index (χ0) is 8.72. The summed E-state index contributed by atoms with van der Waals surface area (Å²) in [7, 11) is 0. The highest BCUT2D eigenvalue weighted by molar-refractivity contribution is 14.1. The van der Waals surface area contributed by atoms with Crippen LogP contribution in [0.3, 0.4) is 0 Å². The molecule has 0 atom stereocenters. The Labute approximate surface area is 101 Å². The van der Waals surface area contributed by atoms with Gasteiger partial charge >= 0.3 is 0 Å². The van der Waals surface area contributed by atoms with Crippen LogP contribution in [0, 0.1) is 7.14 Å². The minimum Gasteiger partial charge on any atom is -0.328 e. The van der Waals surface area contributed by atoms with Gasteiger partial charge in [0.05, 0.1) is 5.52 Å². The van der Waals surface area contributed by atoms with Gasteiger partial charge in [-0.3, -0.25) is 0 Å². The highest BCUT2D eigenvalue weighted by Crippen LogP contribution is 2.24. The summed E-state index contributed by atoms with van der Waals surface area (Å²) in [4.78, 5) is 7.18. The minimum atomic E-state index is 0.451. The van der Waals surface area contributed by atoms with E-state index < -0.39 is 0 Å². The van der Waals surface area contributed by atoms with Gasteiger partial charge in [-0.15, -0.1) is 0 Å². The zero-order valence-corrected chi connectivity index (χ0v) is 10.8. The number of hydrogen-bond acceptors (Lipinski definition) is 1. The molecule has 62 valence electrons. The molecule has 1 aromatic heterocycles. The van der Waals surface area contributed by atoms with Crippen molar-refractivity contribution in [2.75, 3.05) is 0 Å². The van der Waals surface area contributed by atoms with Crippen LogP contribution in [0.5, 0.6) is 0 Å². The summed E-state index contributed by atoms with van der Waals surface area (Å²) in [6.45, 7) is 0. The van der Waals surface area contributed by atoms with Gasteiger partial charge in [0.1, 0.15) is 5.52 Å². The number of aromatic amines is 1. The number of nitrogens with zero attached hydrogens (tertiary/aromatic N) is 1. The Bertz CT molecular complexity index is 399. The number of rotatable bonds is 0. The molecule has 0 amide bonds. The Morgan fingerprint density at radius 1 is 1.25 bits per heavy atom. The second kappa shape index (κ2) is 3.30. The first-order valence-corrected chi connectivity index (χ1v) is 5.71. The van der Waals surface area contributed by atoms with Crippen LogP contribution in [0.1, 0.15) is 0 Å². The van der Waals surface area contributed by atoms with Crippen LogP contribution in [0.25, 0.3) is 11.0 Å². The summed E-state index contributed by atoms with van der Waals surface area (Å²) in [5.41, 5.74) is 1.97. The lowest BCUT2D eigenvalue weighted by molar-refractivity contribution is 1.34. The molecule has 0 bridgehead atoms. The van der Waals surface area contributed by atoms with Crippen LogP contribution >= 0.6 is 56.8 Å². The quantitative estimate of drug-likeness (QED) is 0.670. The fraction of sp³-hybridized carbons (Fsp3) is 0. The molecule has 2 nitrogen and oxygen atoms in total. The van der Waals surface area contributed by atoms with Gasteiger partial charge < -0.3 is 4.98 Å². The highest BCUT2D eigenvalue weighted by Gasteiger charge is 2.06. The smallest absolute Gasteiger partial charge is 0.201 e. The van der Waals surface area contributed by atoms with E-state index in [0.717, 1.165) is 18.2 Å². The van der Waals surface area contributed by atoms with E-state index in [9.17, 15) is 0 Å². The lowest BCUT2D eigenvalue weighted by atomic mass is 10.3. The third-order valence-corrected chi connectivity index (χ3v) is 3.46. The van der Waals surface area contributed by atoms with Gasteiger partial charge in [0, 0.05) is 7.14 Å². The van der Waals surface area contributed by atoms with Gasteiger partial charge in [-0.2, -0.15) is 0 Å². The molecule has 2 aromatic rings. The van der Waals surface area contributed by atoms with Crippen molar-refractivity contribution in [3.8, 4) is 0 Å². The summed E-state index contributed by atoms with van der Waals surface area (Å²) in [5.74, 6) is 0. The largest absolute Gasteiger partial charge is 0.328 e. The predicted octanol–water partition coefficient (Wildman–Crippen LogP) is 3.43. The molecule has 12 heavy (non-hydrogen) atoms. The molecule has 0 fully saturated rings. The Hall–Kier alpha value is 0.440. The van der Waals surface area contributed by atoms with Crippen molar-refractivity contribution >= 4 is 67.8 Å². The van der Waals surface area contributed by atoms with Crippen molar-refractivity contribution in [1.82, 2.24) is 9.97 Å². The first-order valence-electron chi connectivity index (χ1n) is 3.17. The van der Waals surface area contributed by atoms with Gasteiger partial charge in [0.15, 0.2) is 0 Å². The molecular weight excluding hydrogens is 401 g/mol. The average molecular weight is 404 g/mol. The molecule has 0 aliphatic heterocycles. The van der Waals surface area contributed by atoms with Crippen molar-refractivity contribution in [2.45, 2.75) is 0 Å². The van der Waals surface area contributed by atoms with Crippen LogP contribution in [-0.2, 0) is 0 Å². The molecule has 0 unspecified atom stereocenters. The van der Waals surface area contributed by atoms with E-state index in [1.165, 1.54) is 0 Å². The SMILES string of the molecule is Clc1nc2c(I)ccc(I)c2[nH]1. The lowest BCUT2D eigenvalue weighted by Crippen LogP contribution is -1.79. The average Bonchev–Trinajstić information content (AvgIpc) is 2.41. The first-order chi connectivity index (χ1) is 5.68. The molecule has 0 saturated carbocycles. The molecule has 5 heteroatoms. The Morgan fingerprint density at radius 2 is 1.92 bits per heavy atom.